The van der Waals surface area contributed by atoms with Crippen LogP contribution >= 0.6 is 23.2 Å². The van der Waals surface area contributed by atoms with Gasteiger partial charge in [-0.2, -0.15) is 0 Å². The fourth-order valence-corrected chi connectivity index (χ4v) is 2.09. The van der Waals surface area contributed by atoms with Crippen LogP contribution in [0, 0.1) is 0 Å². The average Bonchev–Trinajstić information content (AvgIpc) is 2.29. The molecule has 0 aliphatic carbocycles. The van der Waals surface area contributed by atoms with Crippen molar-refractivity contribution in [2.45, 2.75) is 19.1 Å². The summed E-state index contributed by atoms with van der Waals surface area (Å²) in [6, 6.07) is 5.13. The van der Waals surface area contributed by atoms with Crippen molar-refractivity contribution in [1.82, 2.24) is 0 Å². The second-order valence-electron chi connectivity index (χ2n) is 3.77. The molecule has 0 spiro atoms. The zero-order valence-corrected chi connectivity index (χ0v) is 10.8. The quantitative estimate of drug-likeness (QED) is 0.842. The van der Waals surface area contributed by atoms with E-state index < -0.39 is 0 Å². The van der Waals surface area contributed by atoms with Gasteiger partial charge in [0.05, 0.1) is 19.8 Å². The number of rotatable bonds is 4. The highest BCUT2D eigenvalue weighted by molar-refractivity contribution is 6.34. The molecule has 1 aromatic rings. The van der Waals surface area contributed by atoms with E-state index in [1.165, 1.54) is 0 Å². The van der Waals surface area contributed by atoms with Gasteiger partial charge in [0.1, 0.15) is 5.75 Å². The van der Waals surface area contributed by atoms with E-state index in [4.69, 9.17) is 37.4 Å². The second-order valence-corrected chi connectivity index (χ2v) is 4.64. The Morgan fingerprint density at radius 2 is 1.76 bits per heavy atom. The molecule has 5 heteroatoms. The molecule has 1 aliphatic heterocycles. The van der Waals surface area contributed by atoms with Crippen molar-refractivity contribution in [3.05, 3.63) is 28.2 Å². The number of hydrogen-bond donors (Lipinski definition) is 0. The van der Waals surface area contributed by atoms with Crippen molar-refractivity contribution in [3.63, 3.8) is 0 Å². The average molecular weight is 277 g/mol. The third-order valence-corrected chi connectivity index (χ3v) is 2.79. The fourth-order valence-electron chi connectivity index (χ4n) is 1.59. The van der Waals surface area contributed by atoms with Gasteiger partial charge in [0, 0.05) is 16.5 Å². The van der Waals surface area contributed by atoms with E-state index in [9.17, 15) is 0 Å². The first-order chi connectivity index (χ1) is 8.24. The SMILES string of the molecule is Clc1cc(Cl)cc(OCCC2OCCCO2)c1. The van der Waals surface area contributed by atoms with Crippen LogP contribution < -0.4 is 4.74 Å². The van der Waals surface area contributed by atoms with Crippen molar-refractivity contribution in [2.24, 2.45) is 0 Å². The largest absolute Gasteiger partial charge is 0.493 e. The molecule has 0 atom stereocenters. The topological polar surface area (TPSA) is 27.7 Å². The molecule has 1 aromatic carbocycles. The first-order valence-electron chi connectivity index (χ1n) is 5.56. The number of benzene rings is 1. The van der Waals surface area contributed by atoms with Crippen LogP contribution in [0.1, 0.15) is 12.8 Å². The van der Waals surface area contributed by atoms with E-state index in [1.54, 1.807) is 18.2 Å². The highest BCUT2D eigenvalue weighted by Gasteiger charge is 2.13. The van der Waals surface area contributed by atoms with Crippen LogP contribution in [0.15, 0.2) is 18.2 Å². The minimum atomic E-state index is -0.154. The fraction of sp³-hybridized carbons (Fsp3) is 0.500. The highest BCUT2D eigenvalue weighted by atomic mass is 35.5. The molecule has 3 nitrogen and oxygen atoms in total. The Hall–Kier alpha value is -0.480. The summed E-state index contributed by atoms with van der Waals surface area (Å²) in [5.41, 5.74) is 0. The van der Waals surface area contributed by atoms with Crippen molar-refractivity contribution in [2.75, 3.05) is 19.8 Å². The Bertz CT molecular complexity index is 345. The molecule has 1 fully saturated rings. The molecule has 1 heterocycles. The Balaban J connectivity index is 1.77. The van der Waals surface area contributed by atoms with Gasteiger partial charge in [0.25, 0.3) is 0 Å². The number of ether oxygens (including phenoxy) is 3. The van der Waals surface area contributed by atoms with Crippen molar-refractivity contribution >= 4 is 23.2 Å². The number of hydrogen-bond acceptors (Lipinski definition) is 3. The highest BCUT2D eigenvalue weighted by Crippen LogP contribution is 2.24. The molecule has 0 N–H and O–H groups in total. The van der Waals surface area contributed by atoms with Gasteiger partial charge in [-0.05, 0) is 24.6 Å². The Kier molecular flexibility index (Phi) is 4.92. The summed E-state index contributed by atoms with van der Waals surface area (Å²) in [5, 5.41) is 1.13. The summed E-state index contributed by atoms with van der Waals surface area (Å²) in [5.74, 6) is 0.665. The van der Waals surface area contributed by atoms with Crippen molar-refractivity contribution < 1.29 is 14.2 Å². The second kappa shape index (κ2) is 6.45. The molecule has 0 amide bonds. The normalized spacial score (nSPS) is 17.1. The molecule has 0 radical (unpaired) electrons. The molecule has 94 valence electrons. The minimum absolute atomic E-state index is 0.154. The van der Waals surface area contributed by atoms with Gasteiger partial charge in [-0.3, -0.25) is 0 Å². The Morgan fingerprint density at radius 3 is 2.41 bits per heavy atom. The Labute approximate surface area is 111 Å². The van der Waals surface area contributed by atoms with E-state index in [0.29, 0.717) is 28.8 Å². The third-order valence-electron chi connectivity index (χ3n) is 2.35. The minimum Gasteiger partial charge on any atom is -0.493 e. The van der Waals surface area contributed by atoms with E-state index >= 15 is 0 Å². The predicted molar refractivity (Wildman–Crippen MR) is 66.9 cm³/mol. The molecular formula is C12H14Cl2O3. The zero-order chi connectivity index (χ0) is 12.1. The van der Waals surface area contributed by atoms with E-state index in [1.807, 2.05) is 0 Å². The van der Waals surface area contributed by atoms with E-state index in [2.05, 4.69) is 0 Å². The lowest BCUT2D eigenvalue weighted by molar-refractivity contribution is -0.183. The summed E-state index contributed by atoms with van der Waals surface area (Å²) < 4.78 is 16.4. The summed E-state index contributed by atoms with van der Waals surface area (Å²) in [4.78, 5) is 0. The molecule has 0 bridgehead atoms. The van der Waals surface area contributed by atoms with Crippen LogP contribution in [0.25, 0.3) is 0 Å². The predicted octanol–water partition coefficient (Wildman–Crippen LogP) is 3.53. The molecule has 1 saturated heterocycles. The van der Waals surface area contributed by atoms with Crippen LogP contribution in [0.2, 0.25) is 10.0 Å². The summed E-state index contributed by atoms with van der Waals surface area (Å²) in [6.07, 6.45) is 1.50. The van der Waals surface area contributed by atoms with Crippen LogP contribution in [0.5, 0.6) is 5.75 Å². The first-order valence-corrected chi connectivity index (χ1v) is 6.32. The van der Waals surface area contributed by atoms with Crippen LogP contribution in [0.3, 0.4) is 0 Å². The third kappa shape index (κ3) is 4.36. The lowest BCUT2D eigenvalue weighted by Gasteiger charge is -2.23. The van der Waals surface area contributed by atoms with E-state index in [-0.39, 0.29) is 6.29 Å². The molecule has 0 unspecified atom stereocenters. The monoisotopic (exact) mass is 276 g/mol. The van der Waals surface area contributed by atoms with Gasteiger partial charge < -0.3 is 14.2 Å². The van der Waals surface area contributed by atoms with Gasteiger partial charge in [-0.25, -0.2) is 0 Å². The lowest BCUT2D eigenvalue weighted by Crippen LogP contribution is -2.26. The van der Waals surface area contributed by atoms with Crippen LogP contribution in [-0.2, 0) is 9.47 Å². The van der Waals surface area contributed by atoms with E-state index in [0.717, 1.165) is 19.6 Å². The van der Waals surface area contributed by atoms with Crippen LogP contribution in [0.4, 0.5) is 0 Å². The molecule has 17 heavy (non-hydrogen) atoms. The van der Waals surface area contributed by atoms with Gasteiger partial charge in [0.2, 0.25) is 0 Å². The van der Waals surface area contributed by atoms with Crippen molar-refractivity contribution in [1.29, 1.82) is 0 Å². The van der Waals surface area contributed by atoms with Gasteiger partial charge in [-0.15, -0.1) is 0 Å². The molecule has 0 saturated carbocycles. The summed E-state index contributed by atoms with van der Waals surface area (Å²) >= 11 is 11.7. The first kappa shape index (κ1) is 13.0. The van der Waals surface area contributed by atoms with Gasteiger partial charge >= 0.3 is 0 Å². The lowest BCUT2D eigenvalue weighted by atomic mass is 10.3. The molecule has 1 aliphatic rings. The number of halogens is 2. The summed E-state index contributed by atoms with van der Waals surface area (Å²) in [7, 11) is 0. The maximum absolute atomic E-state index is 5.86. The molecular weight excluding hydrogens is 263 g/mol. The zero-order valence-electron chi connectivity index (χ0n) is 9.33. The standard InChI is InChI=1S/C12H14Cl2O3/c13-9-6-10(14)8-11(7-9)15-5-2-12-16-3-1-4-17-12/h6-8,12H,1-5H2. The Morgan fingerprint density at radius 1 is 1.12 bits per heavy atom. The molecule has 0 aromatic heterocycles. The van der Waals surface area contributed by atoms with Crippen LogP contribution in [-0.4, -0.2) is 26.1 Å². The maximum atomic E-state index is 5.86. The molecule has 2 rings (SSSR count). The smallest absolute Gasteiger partial charge is 0.160 e. The van der Waals surface area contributed by atoms with Gasteiger partial charge in [-0.1, -0.05) is 23.2 Å². The summed E-state index contributed by atoms with van der Waals surface area (Å²) in [6.45, 7) is 2.03. The maximum Gasteiger partial charge on any atom is 0.160 e. The van der Waals surface area contributed by atoms with Gasteiger partial charge in [0.15, 0.2) is 6.29 Å². The van der Waals surface area contributed by atoms with Crippen molar-refractivity contribution in [3.8, 4) is 5.75 Å².